The molecule has 1 aromatic heterocycles. The van der Waals surface area contributed by atoms with Gasteiger partial charge in [-0.2, -0.15) is 0 Å². The van der Waals surface area contributed by atoms with Crippen molar-refractivity contribution >= 4 is 5.78 Å². The molecule has 0 unspecified atom stereocenters. The topological polar surface area (TPSA) is 43.1 Å². The van der Waals surface area contributed by atoms with Gasteiger partial charge in [-0.05, 0) is 18.4 Å². The van der Waals surface area contributed by atoms with Crippen LogP contribution in [0.1, 0.15) is 47.0 Å². The van der Waals surface area contributed by atoms with Crippen LogP contribution in [0.2, 0.25) is 0 Å². The van der Waals surface area contributed by atoms with E-state index in [-0.39, 0.29) is 5.78 Å². The molecule has 0 aliphatic carbocycles. The molecule has 2 rings (SSSR count). The molecular formula is C14H15NO2. The van der Waals surface area contributed by atoms with E-state index in [9.17, 15) is 4.79 Å². The van der Waals surface area contributed by atoms with Crippen molar-refractivity contribution in [3.05, 3.63) is 52.9 Å². The van der Waals surface area contributed by atoms with Gasteiger partial charge in [-0.3, -0.25) is 4.79 Å². The zero-order valence-electron chi connectivity index (χ0n) is 10.2. The molecule has 0 fully saturated rings. The SMILES string of the molecule is Cc1oncc1C(=O)c1ccc(C(C)C)cc1. The fourth-order valence-electron chi connectivity index (χ4n) is 1.69. The first-order chi connectivity index (χ1) is 8.09. The average Bonchev–Trinajstić information content (AvgIpc) is 2.74. The second kappa shape index (κ2) is 4.53. The van der Waals surface area contributed by atoms with Gasteiger partial charge in [-0.25, -0.2) is 0 Å². The van der Waals surface area contributed by atoms with Crippen LogP contribution >= 0.6 is 0 Å². The van der Waals surface area contributed by atoms with Gasteiger partial charge in [0.1, 0.15) is 5.76 Å². The lowest BCUT2D eigenvalue weighted by atomic mass is 9.98. The Bertz CT molecular complexity index is 523. The number of hydrogen-bond donors (Lipinski definition) is 0. The second-order valence-electron chi connectivity index (χ2n) is 4.40. The molecule has 0 aliphatic rings. The highest BCUT2D eigenvalue weighted by Crippen LogP contribution is 2.18. The molecule has 17 heavy (non-hydrogen) atoms. The van der Waals surface area contributed by atoms with Gasteiger partial charge in [-0.15, -0.1) is 0 Å². The average molecular weight is 229 g/mol. The molecule has 0 amide bonds. The molecule has 0 bridgehead atoms. The molecule has 1 heterocycles. The number of nitrogens with zero attached hydrogens (tertiary/aromatic N) is 1. The monoisotopic (exact) mass is 229 g/mol. The molecule has 3 heteroatoms. The van der Waals surface area contributed by atoms with E-state index in [1.165, 1.54) is 11.8 Å². The molecule has 0 spiro atoms. The van der Waals surface area contributed by atoms with Crippen LogP contribution in [0.15, 0.2) is 35.0 Å². The third-order valence-electron chi connectivity index (χ3n) is 2.83. The van der Waals surface area contributed by atoms with E-state index in [4.69, 9.17) is 4.52 Å². The molecule has 0 radical (unpaired) electrons. The van der Waals surface area contributed by atoms with Crippen LogP contribution in [-0.4, -0.2) is 10.9 Å². The minimum atomic E-state index is -0.0425. The van der Waals surface area contributed by atoms with E-state index in [0.29, 0.717) is 22.8 Å². The Morgan fingerprint density at radius 3 is 2.35 bits per heavy atom. The molecule has 0 aliphatic heterocycles. The first-order valence-electron chi connectivity index (χ1n) is 5.65. The molecule has 2 aromatic rings. The van der Waals surface area contributed by atoms with Crippen molar-refractivity contribution in [3.8, 4) is 0 Å². The van der Waals surface area contributed by atoms with Gasteiger partial charge in [-0.1, -0.05) is 43.3 Å². The highest BCUT2D eigenvalue weighted by molar-refractivity contribution is 6.09. The summed E-state index contributed by atoms with van der Waals surface area (Å²) in [4.78, 5) is 12.1. The quantitative estimate of drug-likeness (QED) is 0.758. The van der Waals surface area contributed by atoms with Crippen molar-refractivity contribution in [3.63, 3.8) is 0 Å². The maximum absolute atomic E-state index is 12.1. The van der Waals surface area contributed by atoms with Crippen molar-refractivity contribution in [2.45, 2.75) is 26.7 Å². The van der Waals surface area contributed by atoms with Crippen molar-refractivity contribution in [2.75, 3.05) is 0 Å². The summed E-state index contributed by atoms with van der Waals surface area (Å²) in [6.45, 7) is 5.99. The molecule has 0 saturated heterocycles. The van der Waals surface area contributed by atoms with E-state index < -0.39 is 0 Å². The zero-order valence-corrected chi connectivity index (χ0v) is 10.2. The summed E-state index contributed by atoms with van der Waals surface area (Å²) in [7, 11) is 0. The van der Waals surface area contributed by atoms with Crippen molar-refractivity contribution in [1.29, 1.82) is 0 Å². The van der Waals surface area contributed by atoms with Crippen LogP contribution in [-0.2, 0) is 0 Å². The summed E-state index contributed by atoms with van der Waals surface area (Å²) in [6, 6.07) is 7.68. The zero-order chi connectivity index (χ0) is 12.4. The van der Waals surface area contributed by atoms with Crippen LogP contribution in [0.4, 0.5) is 0 Å². The molecule has 88 valence electrons. The molecule has 3 nitrogen and oxygen atoms in total. The Hall–Kier alpha value is -1.90. The van der Waals surface area contributed by atoms with Gasteiger partial charge in [0.25, 0.3) is 0 Å². The number of rotatable bonds is 3. The van der Waals surface area contributed by atoms with Crippen molar-refractivity contribution in [2.24, 2.45) is 0 Å². The largest absolute Gasteiger partial charge is 0.361 e. The van der Waals surface area contributed by atoms with Gasteiger partial charge in [0.15, 0.2) is 5.78 Å². The van der Waals surface area contributed by atoms with Gasteiger partial charge >= 0.3 is 0 Å². The van der Waals surface area contributed by atoms with E-state index in [1.807, 2.05) is 24.3 Å². The second-order valence-corrected chi connectivity index (χ2v) is 4.40. The molecule has 1 aromatic carbocycles. The van der Waals surface area contributed by atoms with Crippen molar-refractivity contribution in [1.82, 2.24) is 5.16 Å². The Morgan fingerprint density at radius 1 is 1.24 bits per heavy atom. The predicted octanol–water partition coefficient (Wildman–Crippen LogP) is 3.34. The smallest absolute Gasteiger partial charge is 0.198 e. The highest BCUT2D eigenvalue weighted by atomic mass is 16.5. The lowest BCUT2D eigenvalue weighted by Crippen LogP contribution is -2.01. The Morgan fingerprint density at radius 2 is 1.88 bits per heavy atom. The first-order valence-corrected chi connectivity index (χ1v) is 5.65. The molecule has 0 N–H and O–H groups in total. The lowest BCUT2D eigenvalue weighted by molar-refractivity contribution is 0.103. The van der Waals surface area contributed by atoms with E-state index >= 15 is 0 Å². The summed E-state index contributed by atoms with van der Waals surface area (Å²) >= 11 is 0. The standard InChI is InChI=1S/C14H15NO2/c1-9(2)11-4-6-12(7-5-11)14(16)13-8-15-17-10(13)3/h4-9H,1-3H3. The van der Waals surface area contributed by atoms with Crippen molar-refractivity contribution < 1.29 is 9.32 Å². The highest BCUT2D eigenvalue weighted by Gasteiger charge is 2.14. The number of carbonyl (C=O) groups is 1. The minimum Gasteiger partial charge on any atom is -0.361 e. The Labute approximate surface area is 100 Å². The number of aryl methyl sites for hydroxylation is 1. The molecule has 0 saturated carbocycles. The van der Waals surface area contributed by atoms with Gasteiger partial charge in [0.2, 0.25) is 0 Å². The fraction of sp³-hybridized carbons (Fsp3) is 0.286. The van der Waals surface area contributed by atoms with Gasteiger partial charge in [0.05, 0.1) is 11.8 Å². The Kier molecular flexibility index (Phi) is 3.09. The summed E-state index contributed by atoms with van der Waals surface area (Å²) in [6.07, 6.45) is 1.47. The minimum absolute atomic E-state index is 0.0425. The lowest BCUT2D eigenvalue weighted by Gasteiger charge is -2.05. The predicted molar refractivity (Wildman–Crippen MR) is 65.2 cm³/mol. The molecule has 0 atom stereocenters. The summed E-state index contributed by atoms with van der Waals surface area (Å²) < 4.78 is 4.90. The van der Waals surface area contributed by atoms with Crippen LogP contribution in [0.5, 0.6) is 0 Å². The maximum atomic E-state index is 12.1. The van der Waals surface area contributed by atoms with Crippen LogP contribution in [0, 0.1) is 6.92 Å². The van der Waals surface area contributed by atoms with E-state index in [2.05, 4.69) is 19.0 Å². The van der Waals surface area contributed by atoms with Gasteiger partial charge in [0, 0.05) is 5.56 Å². The number of ketones is 1. The number of carbonyl (C=O) groups excluding carboxylic acids is 1. The molecular weight excluding hydrogens is 214 g/mol. The third-order valence-corrected chi connectivity index (χ3v) is 2.83. The third kappa shape index (κ3) is 2.28. The normalized spacial score (nSPS) is 10.8. The van der Waals surface area contributed by atoms with E-state index in [1.54, 1.807) is 6.92 Å². The van der Waals surface area contributed by atoms with Crippen LogP contribution in [0.25, 0.3) is 0 Å². The number of benzene rings is 1. The number of aromatic nitrogens is 1. The van der Waals surface area contributed by atoms with Crippen LogP contribution in [0.3, 0.4) is 0 Å². The van der Waals surface area contributed by atoms with Gasteiger partial charge < -0.3 is 4.52 Å². The van der Waals surface area contributed by atoms with E-state index in [0.717, 1.165) is 0 Å². The van der Waals surface area contributed by atoms with Crippen LogP contribution < -0.4 is 0 Å². The summed E-state index contributed by atoms with van der Waals surface area (Å²) in [5.41, 5.74) is 2.42. The Balaban J connectivity index is 2.29. The fourth-order valence-corrected chi connectivity index (χ4v) is 1.69. The maximum Gasteiger partial charge on any atom is 0.198 e. The summed E-state index contributed by atoms with van der Waals surface area (Å²) in [5.74, 6) is 0.985. The first kappa shape index (κ1) is 11.6. The number of hydrogen-bond acceptors (Lipinski definition) is 3. The summed E-state index contributed by atoms with van der Waals surface area (Å²) in [5, 5.41) is 3.62.